The van der Waals surface area contributed by atoms with E-state index in [9.17, 15) is 0 Å². The van der Waals surface area contributed by atoms with E-state index in [1.807, 2.05) is 58.3 Å². The number of aromatic nitrogens is 1. The van der Waals surface area contributed by atoms with Gasteiger partial charge in [0.2, 0.25) is 0 Å². The Balaban J connectivity index is 0.00000126. The molecule has 4 heteroatoms. The summed E-state index contributed by atoms with van der Waals surface area (Å²) in [5, 5.41) is 1.15. The fraction of sp³-hybridized carbons (Fsp3) is 0.304. The lowest BCUT2D eigenvalue weighted by molar-refractivity contribution is 0.415. The molecule has 1 aromatic heterocycles. The predicted molar refractivity (Wildman–Crippen MR) is 117 cm³/mol. The molecule has 0 bridgehead atoms. The van der Waals surface area contributed by atoms with Gasteiger partial charge in [0.15, 0.2) is 0 Å². The number of nitrogen functional groups attached to an aromatic ring is 1. The van der Waals surface area contributed by atoms with Gasteiger partial charge in [0, 0.05) is 37.3 Å². The molecule has 0 saturated heterocycles. The number of fused-ring (bicyclic) bond motifs is 1. The zero-order valence-electron chi connectivity index (χ0n) is 17.1. The van der Waals surface area contributed by atoms with Crippen LogP contribution in [0, 0.1) is 11.8 Å². The fourth-order valence-electron chi connectivity index (χ4n) is 3.05. The van der Waals surface area contributed by atoms with Gasteiger partial charge >= 0.3 is 0 Å². The van der Waals surface area contributed by atoms with Crippen LogP contribution in [0.3, 0.4) is 0 Å². The normalized spacial score (nSPS) is 9.85. The number of methoxy groups -OCH3 is 1. The average Bonchev–Trinajstić information content (AvgIpc) is 3.01. The van der Waals surface area contributed by atoms with Crippen molar-refractivity contribution in [3.05, 3.63) is 53.7 Å². The van der Waals surface area contributed by atoms with Gasteiger partial charge in [-0.3, -0.25) is 0 Å². The number of hydrogen-bond acceptors (Lipinski definition) is 3. The van der Waals surface area contributed by atoms with Gasteiger partial charge in [-0.05, 0) is 55.3 Å². The third-order valence-electron chi connectivity index (χ3n) is 4.24. The summed E-state index contributed by atoms with van der Waals surface area (Å²) in [6.45, 7) is 6.99. The van der Waals surface area contributed by atoms with Crippen LogP contribution in [-0.2, 0) is 6.54 Å². The van der Waals surface area contributed by atoms with E-state index >= 15 is 0 Å². The zero-order valence-corrected chi connectivity index (χ0v) is 17.1. The molecule has 2 aromatic carbocycles. The summed E-state index contributed by atoms with van der Waals surface area (Å²) in [5.41, 5.74) is 10.7. The maximum atomic E-state index is 5.75. The van der Waals surface area contributed by atoms with E-state index in [4.69, 9.17) is 10.5 Å². The van der Waals surface area contributed by atoms with Crippen LogP contribution in [0.15, 0.2) is 42.5 Å². The van der Waals surface area contributed by atoms with Crippen LogP contribution in [-0.4, -0.2) is 25.8 Å². The maximum Gasteiger partial charge on any atom is 0.119 e. The van der Waals surface area contributed by atoms with E-state index < -0.39 is 0 Å². The summed E-state index contributed by atoms with van der Waals surface area (Å²) >= 11 is 0. The highest BCUT2D eigenvalue weighted by molar-refractivity contribution is 5.98. The maximum absolute atomic E-state index is 5.75. The first-order chi connectivity index (χ1) is 13.0. The van der Waals surface area contributed by atoms with E-state index in [1.54, 1.807) is 7.11 Å². The minimum absolute atomic E-state index is 0.745. The quantitative estimate of drug-likeness (QED) is 0.540. The molecule has 0 fully saturated rings. The van der Waals surface area contributed by atoms with E-state index in [-0.39, 0.29) is 0 Å². The van der Waals surface area contributed by atoms with Crippen molar-refractivity contribution < 1.29 is 4.74 Å². The van der Waals surface area contributed by atoms with E-state index in [0.717, 1.165) is 45.8 Å². The SMILES string of the molecule is CC.CCn1c(C#Cc2ccc(N)cc2)c(N(C)C)c2cc(OC)ccc21. The number of benzene rings is 2. The van der Waals surface area contributed by atoms with Crippen molar-refractivity contribution >= 4 is 22.3 Å². The van der Waals surface area contributed by atoms with Crippen LogP contribution in [0.1, 0.15) is 32.0 Å². The van der Waals surface area contributed by atoms with E-state index in [2.05, 4.69) is 40.4 Å². The first kappa shape index (κ1) is 20.3. The number of rotatable bonds is 3. The van der Waals surface area contributed by atoms with Crippen LogP contribution in [0.25, 0.3) is 10.9 Å². The van der Waals surface area contributed by atoms with Crippen LogP contribution in [0.5, 0.6) is 5.75 Å². The van der Waals surface area contributed by atoms with Crippen molar-refractivity contribution in [2.45, 2.75) is 27.3 Å². The van der Waals surface area contributed by atoms with Crippen molar-refractivity contribution in [2.75, 3.05) is 31.8 Å². The third kappa shape index (κ3) is 4.20. The lowest BCUT2D eigenvalue weighted by Crippen LogP contribution is -2.10. The molecule has 1 heterocycles. The highest BCUT2D eigenvalue weighted by Gasteiger charge is 2.17. The second kappa shape index (κ2) is 9.05. The van der Waals surface area contributed by atoms with Crippen LogP contribution in [0.2, 0.25) is 0 Å². The first-order valence-electron chi connectivity index (χ1n) is 9.30. The smallest absolute Gasteiger partial charge is 0.119 e. The molecular weight excluding hydrogens is 334 g/mol. The molecule has 27 heavy (non-hydrogen) atoms. The van der Waals surface area contributed by atoms with Gasteiger partial charge in [-0.2, -0.15) is 0 Å². The van der Waals surface area contributed by atoms with Crippen molar-refractivity contribution in [1.29, 1.82) is 0 Å². The molecule has 0 radical (unpaired) electrons. The second-order valence-electron chi connectivity index (χ2n) is 6.09. The average molecular weight is 364 g/mol. The van der Waals surface area contributed by atoms with Crippen molar-refractivity contribution in [2.24, 2.45) is 0 Å². The summed E-state index contributed by atoms with van der Waals surface area (Å²) in [6, 6.07) is 13.8. The molecule has 142 valence electrons. The van der Waals surface area contributed by atoms with E-state index in [1.165, 1.54) is 0 Å². The Kier molecular flexibility index (Phi) is 6.79. The van der Waals surface area contributed by atoms with Gasteiger partial charge in [-0.25, -0.2) is 0 Å². The molecule has 0 unspecified atom stereocenters. The van der Waals surface area contributed by atoms with E-state index in [0.29, 0.717) is 0 Å². The number of hydrogen-bond donors (Lipinski definition) is 1. The van der Waals surface area contributed by atoms with Crippen LogP contribution >= 0.6 is 0 Å². The Morgan fingerprint density at radius 2 is 1.70 bits per heavy atom. The van der Waals surface area contributed by atoms with Gasteiger partial charge in [-0.15, -0.1) is 0 Å². The van der Waals surface area contributed by atoms with Gasteiger partial charge in [0.1, 0.15) is 11.4 Å². The molecule has 0 aliphatic carbocycles. The molecule has 0 amide bonds. The fourth-order valence-corrected chi connectivity index (χ4v) is 3.05. The standard InChI is InChI=1S/C21H23N3O.C2H6/c1-5-24-19-13-11-17(25-4)14-18(19)21(23(2)3)20(24)12-8-15-6-9-16(22)10-7-15;1-2/h6-7,9-11,13-14H,5,22H2,1-4H3;1-2H3. The molecule has 4 nitrogen and oxygen atoms in total. The molecular formula is C23H29N3O. The summed E-state index contributed by atoms with van der Waals surface area (Å²) in [4.78, 5) is 2.11. The van der Waals surface area contributed by atoms with Crippen molar-refractivity contribution in [3.8, 4) is 17.6 Å². The van der Waals surface area contributed by atoms with Gasteiger partial charge in [0.05, 0.1) is 18.3 Å². The first-order valence-corrected chi connectivity index (χ1v) is 9.30. The summed E-state index contributed by atoms with van der Waals surface area (Å²) in [7, 11) is 5.78. The van der Waals surface area contributed by atoms with Gasteiger partial charge in [-0.1, -0.05) is 19.8 Å². The lowest BCUT2D eigenvalue weighted by Gasteiger charge is -2.13. The Morgan fingerprint density at radius 1 is 1.04 bits per heavy atom. The summed E-state index contributed by atoms with van der Waals surface area (Å²) in [6.07, 6.45) is 0. The molecule has 0 aliphatic rings. The molecule has 0 atom stereocenters. The molecule has 3 rings (SSSR count). The van der Waals surface area contributed by atoms with Gasteiger partial charge < -0.3 is 19.9 Å². The predicted octanol–water partition coefficient (Wildman–Crippen LogP) is 4.74. The largest absolute Gasteiger partial charge is 0.497 e. The Bertz CT molecular complexity index is 957. The number of nitrogens with zero attached hydrogens (tertiary/aromatic N) is 2. The Hall–Kier alpha value is -3.06. The third-order valence-corrected chi connectivity index (χ3v) is 4.24. The number of nitrogens with two attached hydrogens (primary N) is 1. The number of anilines is 2. The highest BCUT2D eigenvalue weighted by atomic mass is 16.5. The highest BCUT2D eigenvalue weighted by Crippen LogP contribution is 2.35. The monoisotopic (exact) mass is 363 g/mol. The molecule has 3 aromatic rings. The number of ether oxygens (including phenoxy) is 1. The minimum atomic E-state index is 0.745. The molecule has 2 N–H and O–H groups in total. The Labute approximate surface area is 162 Å². The molecule has 0 aliphatic heterocycles. The van der Waals surface area contributed by atoms with Crippen LogP contribution in [0.4, 0.5) is 11.4 Å². The minimum Gasteiger partial charge on any atom is -0.497 e. The zero-order chi connectivity index (χ0) is 20.0. The number of aryl methyl sites for hydroxylation is 1. The van der Waals surface area contributed by atoms with Crippen molar-refractivity contribution in [1.82, 2.24) is 4.57 Å². The molecule has 0 spiro atoms. The second-order valence-corrected chi connectivity index (χ2v) is 6.09. The summed E-state index contributed by atoms with van der Waals surface area (Å²) < 4.78 is 7.65. The van der Waals surface area contributed by atoms with Gasteiger partial charge in [0.25, 0.3) is 0 Å². The summed E-state index contributed by atoms with van der Waals surface area (Å²) in [5.74, 6) is 7.48. The lowest BCUT2D eigenvalue weighted by atomic mass is 10.2. The van der Waals surface area contributed by atoms with Crippen LogP contribution < -0.4 is 15.4 Å². The molecule has 0 saturated carbocycles. The Morgan fingerprint density at radius 3 is 2.26 bits per heavy atom. The van der Waals surface area contributed by atoms with Crippen molar-refractivity contribution in [3.63, 3.8) is 0 Å². The topological polar surface area (TPSA) is 43.4 Å².